The van der Waals surface area contributed by atoms with Crippen LogP contribution in [0.1, 0.15) is 27.1 Å². The Labute approximate surface area is 224 Å². The Hall–Kier alpha value is -3.87. The zero-order valence-corrected chi connectivity index (χ0v) is 21.7. The highest BCUT2D eigenvalue weighted by Crippen LogP contribution is 2.29. The van der Waals surface area contributed by atoms with Gasteiger partial charge in [0, 0.05) is 32.0 Å². The third-order valence-electron chi connectivity index (χ3n) is 5.94. The predicted octanol–water partition coefficient (Wildman–Crippen LogP) is 1.03. The van der Waals surface area contributed by atoms with E-state index in [-0.39, 0.29) is 46.7 Å². The molecule has 13 heteroatoms. The minimum atomic E-state index is -0.753. The Morgan fingerprint density at radius 1 is 1.13 bits per heavy atom. The second kappa shape index (κ2) is 13.1. The summed E-state index contributed by atoms with van der Waals surface area (Å²) in [5.74, 6) is -1.77. The highest BCUT2D eigenvalue weighted by Gasteiger charge is 2.32. The maximum Gasteiger partial charge on any atom is 0.338 e. The third kappa shape index (κ3) is 7.57. The SMILES string of the molecule is COc1cc(N)c(Cl)cc1C(=O)NC1CCN(CC(=O)Nc2ccc(C(=O)OCC(N)=O)cc2)CC1OC. The van der Waals surface area contributed by atoms with Crippen molar-refractivity contribution in [2.24, 2.45) is 5.73 Å². The normalized spacial score (nSPS) is 17.3. The zero-order valence-electron chi connectivity index (χ0n) is 21.0. The number of amides is 3. The average Bonchev–Trinajstić information content (AvgIpc) is 2.89. The van der Waals surface area contributed by atoms with E-state index in [4.69, 9.17) is 37.3 Å². The minimum Gasteiger partial charge on any atom is -0.496 e. The molecule has 1 aliphatic rings. The number of nitrogens with zero attached hydrogens (tertiary/aromatic N) is 1. The summed E-state index contributed by atoms with van der Waals surface area (Å²) >= 11 is 6.09. The van der Waals surface area contributed by atoms with Crippen LogP contribution in [-0.2, 0) is 19.1 Å². The number of esters is 1. The maximum absolute atomic E-state index is 12.9. The van der Waals surface area contributed by atoms with Crippen molar-refractivity contribution in [1.82, 2.24) is 10.2 Å². The molecule has 3 rings (SSSR count). The first-order valence-corrected chi connectivity index (χ1v) is 12.0. The molecule has 2 unspecified atom stereocenters. The fraction of sp³-hybridized carbons (Fsp3) is 0.360. The van der Waals surface area contributed by atoms with E-state index in [2.05, 4.69) is 10.6 Å². The summed E-state index contributed by atoms with van der Waals surface area (Å²) in [5, 5.41) is 5.99. The topological polar surface area (TPSA) is 175 Å². The van der Waals surface area contributed by atoms with Gasteiger partial charge in [-0.2, -0.15) is 0 Å². The maximum atomic E-state index is 12.9. The van der Waals surface area contributed by atoms with E-state index in [1.807, 2.05) is 4.90 Å². The molecule has 12 nitrogen and oxygen atoms in total. The Morgan fingerprint density at radius 2 is 1.84 bits per heavy atom. The van der Waals surface area contributed by atoms with Gasteiger partial charge in [0.2, 0.25) is 5.91 Å². The summed E-state index contributed by atoms with van der Waals surface area (Å²) in [6, 6.07) is 8.70. The van der Waals surface area contributed by atoms with Crippen LogP contribution in [0.4, 0.5) is 11.4 Å². The van der Waals surface area contributed by atoms with E-state index in [1.54, 1.807) is 19.2 Å². The number of carbonyl (C=O) groups excluding carboxylic acids is 4. The van der Waals surface area contributed by atoms with Crippen LogP contribution in [0.15, 0.2) is 36.4 Å². The van der Waals surface area contributed by atoms with Gasteiger partial charge in [-0.1, -0.05) is 11.6 Å². The van der Waals surface area contributed by atoms with Gasteiger partial charge >= 0.3 is 5.97 Å². The number of nitrogens with two attached hydrogens (primary N) is 2. The monoisotopic (exact) mass is 547 g/mol. The van der Waals surface area contributed by atoms with Gasteiger partial charge in [-0.3, -0.25) is 19.3 Å². The molecule has 0 aliphatic carbocycles. The van der Waals surface area contributed by atoms with Crippen molar-refractivity contribution in [3.63, 3.8) is 0 Å². The van der Waals surface area contributed by atoms with E-state index in [9.17, 15) is 19.2 Å². The quantitative estimate of drug-likeness (QED) is 0.250. The molecule has 204 valence electrons. The number of ether oxygens (including phenoxy) is 3. The Balaban J connectivity index is 1.53. The molecule has 1 heterocycles. The van der Waals surface area contributed by atoms with Crippen molar-refractivity contribution in [2.75, 3.05) is 51.5 Å². The lowest BCUT2D eigenvalue weighted by atomic mass is 10.0. The molecule has 38 heavy (non-hydrogen) atoms. The summed E-state index contributed by atoms with van der Waals surface area (Å²) in [6.45, 7) is 0.552. The molecule has 0 bridgehead atoms. The van der Waals surface area contributed by atoms with E-state index in [0.29, 0.717) is 36.6 Å². The van der Waals surface area contributed by atoms with Crippen LogP contribution in [0.25, 0.3) is 0 Å². The molecule has 2 atom stereocenters. The zero-order chi connectivity index (χ0) is 27.8. The number of primary amides is 1. The van der Waals surface area contributed by atoms with Gasteiger partial charge in [0.15, 0.2) is 6.61 Å². The lowest BCUT2D eigenvalue weighted by Crippen LogP contribution is -2.55. The van der Waals surface area contributed by atoms with Crippen LogP contribution in [0.3, 0.4) is 0 Å². The molecule has 0 aromatic heterocycles. The summed E-state index contributed by atoms with van der Waals surface area (Å²) in [4.78, 5) is 50.1. The van der Waals surface area contributed by atoms with Crippen molar-refractivity contribution in [1.29, 1.82) is 0 Å². The number of hydrogen-bond donors (Lipinski definition) is 4. The highest BCUT2D eigenvalue weighted by atomic mass is 35.5. The number of methoxy groups -OCH3 is 2. The van der Waals surface area contributed by atoms with Gasteiger partial charge < -0.3 is 36.3 Å². The van der Waals surface area contributed by atoms with Crippen LogP contribution < -0.4 is 26.8 Å². The second-order valence-corrected chi connectivity index (χ2v) is 9.03. The number of nitrogen functional groups attached to an aromatic ring is 1. The van der Waals surface area contributed by atoms with E-state index in [1.165, 1.54) is 31.4 Å². The number of likely N-dealkylation sites (tertiary alicyclic amines) is 1. The van der Waals surface area contributed by atoms with Crippen molar-refractivity contribution >= 4 is 46.7 Å². The smallest absolute Gasteiger partial charge is 0.338 e. The Morgan fingerprint density at radius 3 is 2.47 bits per heavy atom. The Kier molecular flexibility index (Phi) is 9.88. The lowest BCUT2D eigenvalue weighted by Gasteiger charge is -2.37. The molecular weight excluding hydrogens is 518 g/mol. The molecular formula is C25H30ClN5O7. The van der Waals surface area contributed by atoms with Gasteiger partial charge in [-0.15, -0.1) is 0 Å². The molecule has 6 N–H and O–H groups in total. The number of halogens is 1. The van der Waals surface area contributed by atoms with Crippen LogP contribution >= 0.6 is 11.6 Å². The van der Waals surface area contributed by atoms with Crippen LogP contribution in [0, 0.1) is 0 Å². The summed E-state index contributed by atoms with van der Waals surface area (Å²) in [6.07, 6.45) is 0.187. The number of anilines is 2. The number of nitrogens with one attached hydrogen (secondary N) is 2. The van der Waals surface area contributed by atoms with E-state index in [0.717, 1.165) is 0 Å². The van der Waals surface area contributed by atoms with Crippen LogP contribution in [0.2, 0.25) is 5.02 Å². The van der Waals surface area contributed by atoms with Crippen molar-refractivity contribution in [3.8, 4) is 5.75 Å². The molecule has 0 radical (unpaired) electrons. The van der Waals surface area contributed by atoms with E-state index < -0.39 is 18.5 Å². The third-order valence-corrected chi connectivity index (χ3v) is 6.27. The number of piperidine rings is 1. The standard InChI is InChI=1S/C25H30ClN5O7/c1-36-20-10-18(27)17(26)9-16(20)24(34)30-19-7-8-31(11-21(19)37-2)12-23(33)29-15-5-3-14(4-6-15)25(35)38-13-22(28)32/h3-6,9-10,19,21H,7-8,11-13,27H2,1-2H3,(H2,28,32)(H,29,33)(H,30,34). The van der Waals surface area contributed by atoms with Crippen molar-refractivity contribution in [2.45, 2.75) is 18.6 Å². The molecule has 1 aliphatic heterocycles. The first kappa shape index (κ1) is 28.7. The fourth-order valence-corrected chi connectivity index (χ4v) is 4.17. The molecule has 1 saturated heterocycles. The summed E-state index contributed by atoms with van der Waals surface area (Å²) in [5.41, 5.74) is 12.0. The van der Waals surface area contributed by atoms with E-state index >= 15 is 0 Å². The lowest BCUT2D eigenvalue weighted by molar-refractivity contribution is -0.121. The molecule has 3 amide bonds. The Bertz CT molecular complexity index is 1190. The van der Waals surface area contributed by atoms with Gasteiger partial charge in [0.1, 0.15) is 5.75 Å². The van der Waals surface area contributed by atoms with Gasteiger partial charge in [0.25, 0.3) is 11.8 Å². The summed E-state index contributed by atoms with van der Waals surface area (Å²) in [7, 11) is 2.99. The van der Waals surface area contributed by atoms with Crippen LogP contribution in [-0.4, -0.2) is 81.2 Å². The first-order chi connectivity index (χ1) is 18.1. The van der Waals surface area contributed by atoms with Crippen molar-refractivity contribution in [3.05, 3.63) is 52.5 Å². The van der Waals surface area contributed by atoms with Crippen molar-refractivity contribution < 1.29 is 33.4 Å². The molecule has 2 aromatic rings. The minimum absolute atomic E-state index is 0.102. The fourth-order valence-electron chi connectivity index (χ4n) is 4.00. The summed E-state index contributed by atoms with van der Waals surface area (Å²) < 4.78 is 15.6. The molecule has 0 saturated carbocycles. The molecule has 0 spiro atoms. The van der Waals surface area contributed by atoms with Gasteiger partial charge in [-0.25, -0.2) is 4.79 Å². The first-order valence-electron chi connectivity index (χ1n) is 11.7. The number of benzene rings is 2. The number of hydrogen-bond acceptors (Lipinski definition) is 9. The molecule has 1 fully saturated rings. The van der Waals surface area contributed by atoms with Crippen LogP contribution in [0.5, 0.6) is 5.75 Å². The predicted molar refractivity (Wildman–Crippen MR) is 140 cm³/mol. The highest BCUT2D eigenvalue weighted by molar-refractivity contribution is 6.33. The number of carbonyl (C=O) groups is 4. The average molecular weight is 548 g/mol. The number of rotatable bonds is 10. The van der Waals surface area contributed by atoms with Gasteiger partial charge in [-0.05, 0) is 36.8 Å². The van der Waals surface area contributed by atoms with Gasteiger partial charge in [0.05, 0.1) is 47.6 Å². The molecule has 2 aromatic carbocycles. The largest absolute Gasteiger partial charge is 0.496 e. The second-order valence-electron chi connectivity index (χ2n) is 8.62.